The van der Waals surface area contributed by atoms with Gasteiger partial charge in [0.05, 0.1) is 22.3 Å². The molecule has 8 aromatic carbocycles. The highest BCUT2D eigenvalue weighted by atomic mass is 16.3. The van der Waals surface area contributed by atoms with Gasteiger partial charge in [0.25, 0.3) is 0 Å². The van der Waals surface area contributed by atoms with Gasteiger partial charge in [0.2, 0.25) is 0 Å². The Labute approximate surface area is 324 Å². The first-order chi connectivity index (χ1) is 28.3. The monoisotopic (exact) mass is 728 g/mol. The number of hydrogen-bond acceptors (Lipinski definition) is 5. The summed E-state index contributed by atoms with van der Waals surface area (Å²) < 4.78 is 16.0. The molecular formula is C51H28N4O2. The van der Waals surface area contributed by atoms with Crippen LogP contribution in [-0.2, 0) is 0 Å². The molecule has 1 aliphatic heterocycles. The van der Waals surface area contributed by atoms with Gasteiger partial charge in [-0.25, -0.2) is 15.0 Å². The van der Waals surface area contributed by atoms with Crippen LogP contribution >= 0.6 is 0 Å². The molecule has 0 saturated carbocycles. The van der Waals surface area contributed by atoms with Crippen molar-refractivity contribution in [2.75, 3.05) is 0 Å². The number of hydrogen-bond donors (Lipinski definition) is 0. The summed E-state index contributed by atoms with van der Waals surface area (Å²) in [6.45, 7) is 0. The van der Waals surface area contributed by atoms with Gasteiger partial charge in [-0.1, -0.05) is 133 Å². The first-order valence-corrected chi connectivity index (χ1v) is 19.1. The van der Waals surface area contributed by atoms with E-state index in [-0.39, 0.29) is 0 Å². The van der Waals surface area contributed by atoms with E-state index in [1.165, 1.54) is 10.8 Å². The van der Waals surface area contributed by atoms with Gasteiger partial charge in [0.1, 0.15) is 22.3 Å². The van der Waals surface area contributed by atoms with Crippen molar-refractivity contribution in [2.24, 2.45) is 0 Å². The van der Waals surface area contributed by atoms with E-state index in [4.69, 9.17) is 23.8 Å². The minimum absolute atomic E-state index is 0.538. The number of furan rings is 2. The van der Waals surface area contributed by atoms with Crippen molar-refractivity contribution < 1.29 is 8.83 Å². The van der Waals surface area contributed by atoms with Crippen LogP contribution in [0.2, 0.25) is 0 Å². The Kier molecular flexibility index (Phi) is 6.07. The third-order valence-corrected chi connectivity index (χ3v) is 11.6. The maximum absolute atomic E-state index is 6.98. The predicted octanol–water partition coefficient (Wildman–Crippen LogP) is 13.4. The Morgan fingerprint density at radius 3 is 1.72 bits per heavy atom. The molecule has 57 heavy (non-hydrogen) atoms. The SMILES string of the molecule is c1ccc(-c2nc(-c3ccccc3)nc(-c3cc4c(c5c3oc3ccccc35)-c3ccc5oc6ccccc6c5c3-c3cccc5c6ccccc6n-4c35)n2)cc1. The van der Waals surface area contributed by atoms with Gasteiger partial charge in [-0.3, -0.25) is 0 Å². The van der Waals surface area contributed by atoms with E-state index >= 15 is 0 Å². The minimum Gasteiger partial charge on any atom is -0.456 e. The second-order valence-electron chi connectivity index (χ2n) is 14.7. The standard InChI is InChI=1S/C51H28N4O2/c1-3-14-29(15-4-1)49-52-50(30-16-5-2-6-17-30)54-51(53-49)37-28-39-44(46-34-20-9-12-25-41(34)57-48(37)46)35-26-27-42-45(33-19-8-11-24-40(33)56-42)43(35)36-22-13-21-32-31-18-7-10-23-38(31)55(39)47(32)36/h1-28H. The van der Waals surface area contributed by atoms with Crippen molar-refractivity contribution >= 4 is 65.7 Å². The third kappa shape index (κ3) is 4.21. The molecular weight excluding hydrogens is 701 g/mol. The smallest absolute Gasteiger partial charge is 0.167 e. The maximum atomic E-state index is 6.98. The lowest BCUT2D eigenvalue weighted by molar-refractivity contribution is 0.669. The highest BCUT2D eigenvalue weighted by molar-refractivity contribution is 6.27. The van der Waals surface area contributed by atoms with Gasteiger partial charge in [-0.15, -0.1) is 0 Å². The van der Waals surface area contributed by atoms with Crippen LogP contribution in [0.3, 0.4) is 0 Å². The zero-order valence-electron chi connectivity index (χ0n) is 30.3. The summed E-state index contributed by atoms with van der Waals surface area (Å²) >= 11 is 0. The lowest BCUT2D eigenvalue weighted by Gasteiger charge is -2.17. The quantitative estimate of drug-likeness (QED) is 0.181. The van der Waals surface area contributed by atoms with Crippen LogP contribution in [0.1, 0.15) is 0 Å². The van der Waals surface area contributed by atoms with E-state index in [9.17, 15) is 0 Å². The van der Waals surface area contributed by atoms with E-state index in [1.54, 1.807) is 0 Å². The lowest BCUT2D eigenvalue weighted by Crippen LogP contribution is -2.02. The Morgan fingerprint density at radius 1 is 0.386 bits per heavy atom. The molecule has 6 nitrogen and oxygen atoms in total. The molecule has 0 spiro atoms. The topological polar surface area (TPSA) is 69.9 Å². The molecule has 0 N–H and O–H groups in total. The molecule has 0 unspecified atom stereocenters. The van der Waals surface area contributed by atoms with E-state index in [0.717, 1.165) is 99.5 Å². The van der Waals surface area contributed by atoms with Gasteiger partial charge in [0.15, 0.2) is 17.5 Å². The number of rotatable bonds is 3. The highest BCUT2D eigenvalue weighted by Gasteiger charge is 2.32. The van der Waals surface area contributed by atoms with E-state index in [0.29, 0.717) is 17.5 Å². The fourth-order valence-electron chi connectivity index (χ4n) is 9.21. The lowest BCUT2D eigenvalue weighted by atomic mass is 9.87. The van der Waals surface area contributed by atoms with Gasteiger partial charge >= 0.3 is 0 Å². The number of para-hydroxylation sites is 4. The van der Waals surface area contributed by atoms with Crippen molar-refractivity contribution in [3.8, 4) is 62.1 Å². The van der Waals surface area contributed by atoms with E-state index < -0.39 is 0 Å². The average molecular weight is 729 g/mol. The van der Waals surface area contributed by atoms with E-state index in [1.807, 2.05) is 78.9 Å². The molecule has 0 fully saturated rings. The summed E-state index contributed by atoms with van der Waals surface area (Å²) in [4.78, 5) is 15.5. The number of fused-ring (bicyclic) bond motifs is 16. The van der Waals surface area contributed by atoms with Gasteiger partial charge in [-0.05, 0) is 42.0 Å². The van der Waals surface area contributed by atoms with Crippen molar-refractivity contribution in [2.45, 2.75) is 0 Å². The van der Waals surface area contributed by atoms with Crippen LogP contribution in [0.4, 0.5) is 0 Å². The van der Waals surface area contributed by atoms with Gasteiger partial charge < -0.3 is 13.4 Å². The second-order valence-corrected chi connectivity index (χ2v) is 14.7. The molecule has 0 bridgehead atoms. The van der Waals surface area contributed by atoms with Gasteiger partial charge in [-0.2, -0.15) is 0 Å². The van der Waals surface area contributed by atoms with Crippen LogP contribution in [0.5, 0.6) is 0 Å². The molecule has 264 valence electrons. The number of benzene rings is 8. The molecule has 5 heterocycles. The summed E-state index contributed by atoms with van der Waals surface area (Å²) in [7, 11) is 0. The first kappa shape index (κ1) is 30.5. The molecule has 0 radical (unpaired) electrons. The van der Waals surface area contributed by atoms with Crippen LogP contribution in [-0.4, -0.2) is 19.5 Å². The zero-order chi connectivity index (χ0) is 37.2. The third-order valence-electron chi connectivity index (χ3n) is 11.6. The predicted molar refractivity (Wildman–Crippen MR) is 229 cm³/mol. The highest BCUT2D eigenvalue weighted by Crippen LogP contribution is 2.54. The molecule has 1 aliphatic rings. The Morgan fingerprint density at radius 2 is 0.982 bits per heavy atom. The molecule has 0 saturated heterocycles. The molecule has 4 aromatic heterocycles. The molecule has 0 amide bonds. The second kappa shape index (κ2) is 11.4. The Bertz CT molecular complexity index is 3580. The molecule has 13 rings (SSSR count). The molecule has 12 aromatic rings. The molecule has 0 atom stereocenters. The summed E-state index contributed by atoms with van der Waals surface area (Å²) in [6.07, 6.45) is 0. The summed E-state index contributed by atoms with van der Waals surface area (Å²) in [5.41, 5.74) is 13.6. The maximum Gasteiger partial charge on any atom is 0.167 e. The van der Waals surface area contributed by atoms with E-state index in [2.05, 4.69) is 95.6 Å². The summed E-state index contributed by atoms with van der Waals surface area (Å²) in [5, 5.41) is 6.58. The van der Waals surface area contributed by atoms with Crippen LogP contribution < -0.4 is 0 Å². The summed E-state index contributed by atoms with van der Waals surface area (Å²) in [5.74, 6) is 1.73. The number of nitrogens with zero attached hydrogens (tertiary/aromatic N) is 4. The first-order valence-electron chi connectivity index (χ1n) is 19.1. The minimum atomic E-state index is 0.538. The largest absolute Gasteiger partial charge is 0.456 e. The summed E-state index contributed by atoms with van der Waals surface area (Å²) in [6, 6.07) is 58.9. The molecule has 0 aliphatic carbocycles. The average Bonchev–Trinajstić information content (AvgIpc) is 3.94. The van der Waals surface area contributed by atoms with Crippen molar-refractivity contribution in [3.63, 3.8) is 0 Å². The van der Waals surface area contributed by atoms with Crippen LogP contribution in [0, 0.1) is 0 Å². The molecule has 6 heteroatoms. The fourth-order valence-corrected chi connectivity index (χ4v) is 9.21. The van der Waals surface area contributed by atoms with Crippen LogP contribution in [0.15, 0.2) is 179 Å². The normalized spacial score (nSPS) is 12.2. The Hall–Kier alpha value is -7.83. The van der Waals surface area contributed by atoms with Crippen molar-refractivity contribution in [1.82, 2.24) is 19.5 Å². The zero-order valence-corrected chi connectivity index (χ0v) is 30.3. The van der Waals surface area contributed by atoms with Crippen molar-refractivity contribution in [1.29, 1.82) is 0 Å². The number of aromatic nitrogens is 4. The van der Waals surface area contributed by atoms with Crippen molar-refractivity contribution in [3.05, 3.63) is 170 Å². The fraction of sp³-hybridized carbons (Fsp3) is 0. The Balaban J connectivity index is 1.26. The van der Waals surface area contributed by atoms with Crippen LogP contribution in [0.25, 0.3) is 128 Å². The van der Waals surface area contributed by atoms with Gasteiger partial charge in [0, 0.05) is 60.1 Å².